The van der Waals surface area contributed by atoms with Gasteiger partial charge in [0.05, 0.1) is 15.2 Å². The lowest BCUT2D eigenvalue weighted by Crippen LogP contribution is -2.24. The summed E-state index contributed by atoms with van der Waals surface area (Å²) in [6.45, 7) is -0.170. The van der Waals surface area contributed by atoms with E-state index >= 15 is 0 Å². The van der Waals surface area contributed by atoms with E-state index in [1.165, 1.54) is 18.0 Å². The molecule has 0 fully saturated rings. The Morgan fingerprint density at radius 1 is 1.14 bits per heavy atom. The van der Waals surface area contributed by atoms with Crippen LogP contribution >= 0.6 is 71.2 Å². The first kappa shape index (κ1) is 22.4. The number of nitrogens with zero attached hydrogens (tertiary/aromatic N) is 1. The molecule has 0 aliphatic rings. The second-order valence-electron chi connectivity index (χ2n) is 5.50. The summed E-state index contributed by atoms with van der Waals surface area (Å²) in [5, 5.41) is 5.24. The lowest BCUT2D eigenvalue weighted by atomic mass is 10.3. The van der Waals surface area contributed by atoms with Crippen molar-refractivity contribution in [2.45, 2.75) is 9.99 Å². The molecule has 0 radical (unpaired) electrons. The second-order valence-corrected chi connectivity index (χ2v) is 9.60. The van der Waals surface area contributed by atoms with Gasteiger partial charge in [-0.3, -0.25) is 4.79 Å². The average molecular weight is 624 g/mol. The molecular weight excluding hydrogens is 611 g/mol. The summed E-state index contributed by atoms with van der Waals surface area (Å²) < 4.78 is 13.6. The Morgan fingerprint density at radius 2 is 1.90 bits per heavy atom. The monoisotopic (exact) mass is 620 g/mol. The van der Waals surface area contributed by atoms with Crippen LogP contribution in [0.5, 0.6) is 5.75 Å². The van der Waals surface area contributed by atoms with Crippen LogP contribution in [0.2, 0.25) is 5.02 Å². The van der Waals surface area contributed by atoms with Gasteiger partial charge in [-0.1, -0.05) is 39.3 Å². The van der Waals surface area contributed by atoms with Crippen molar-refractivity contribution in [2.24, 2.45) is 5.10 Å². The van der Waals surface area contributed by atoms with E-state index in [1.54, 1.807) is 12.1 Å². The van der Waals surface area contributed by atoms with Crippen LogP contribution in [0.4, 0.5) is 0 Å². The summed E-state index contributed by atoms with van der Waals surface area (Å²) in [6.07, 6.45) is 1.42. The molecule has 0 aliphatic heterocycles. The number of benzene rings is 2. The number of furan rings is 1. The zero-order chi connectivity index (χ0) is 20.8. The molecule has 3 aromatic rings. The number of amides is 1. The van der Waals surface area contributed by atoms with Gasteiger partial charge in [-0.05, 0) is 74.3 Å². The van der Waals surface area contributed by atoms with Crippen LogP contribution in [0.1, 0.15) is 5.76 Å². The number of hydrogen-bond donors (Lipinski definition) is 1. The number of halogens is 4. The van der Waals surface area contributed by atoms with Crippen LogP contribution in [0.3, 0.4) is 0 Å². The van der Waals surface area contributed by atoms with Gasteiger partial charge in [0.1, 0.15) is 11.5 Å². The maximum Gasteiger partial charge on any atom is 0.277 e. The summed E-state index contributed by atoms with van der Waals surface area (Å²) in [7, 11) is 0. The van der Waals surface area contributed by atoms with Crippen LogP contribution < -0.4 is 10.2 Å². The topological polar surface area (TPSA) is 63.8 Å². The summed E-state index contributed by atoms with van der Waals surface area (Å²) in [6, 6.07) is 14.6. The van der Waals surface area contributed by atoms with Crippen molar-refractivity contribution in [3.05, 3.63) is 72.7 Å². The third-order valence-corrected chi connectivity index (χ3v) is 6.55. The van der Waals surface area contributed by atoms with Crippen molar-refractivity contribution in [1.82, 2.24) is 5.43 Å². The molecule has 0 bridgehead atoms. The van der Waals surface area contributed by atoms with Crippen molar-refractivity contribution in [3.63, 3.8) is 0 Å². The highest BCUT2D eigenvalue weighted by Crippen LogP contribution is 2.36. The third kappa shape index (κ3) is 6.89. The zero-order valence-electron chi connectivity index (χ0n) is 14.5. The largest absolute Gasteiger partial charge is 0.483 e. The van der Waals surface area contributed by atoms with Crippen LogP contribution in [-0.2, 0) is 4.79 Å². The quantitative estimate of drug-likeness (QED) is 0.230. The van der Waals surface area contributed by atoms with Crippen LogP contribution in [-0.4, -0.2) is 18.7 Å². The summed E-state index contributed by atoms with van der Waals surface area (Å²) in [5.41, 5.74) is 2.40. The first-order valence-electron chi connectivity index (χ1n) is 8.03. The number of hydrogen-bond acceptors (Lipinski definition) is 5. The summed E-state index contributed by atoms with van der Waals surface area (Å²) in [5.74, 6) is 0.661. The van der Waals surface area contributed by atoms with Gasteiger partial charge in [-0.15, -0.1) is 0 Å². The molecule has 1 N–H and O–H groups in total. The van der Waals surface area contributed by atoms with E-state index in [0.29, 0.717) is 21.6 Å². The molecule has 1 aromatic heterocycles. The van der Waals surface area contributed by atoms with Crippen molar-refractivity contribution >= 4 is 83.3 Å². The van der Waals surface area contributed by atoms with Gasteiger partial charge in [0.25, 0.3) is 5.91 Å². The minimum atomic E-state index is -0.391. The molecule has 2 aromatic carbocycles. The Morgan fingerprint density at radius 3 is 2.62 bits per heavy atom. The molecule has 0 unspecified atom stereocenters. The van der Waals surface area contributed by atoms with Crippen molar-refractivity contribution in [2.75, 3.05) is 6.61 Å². The minimum absolute atomic E-state index is 0.170. The van der Waals surface area contributed by atoms with Gasteiger partial charge in [0.2, 0.25) is 0 Å². The number of hydrazone groups is 1. The molecule has 0 saturated heterocycles. The first-order valence-corrected chi connectivity index (χ1v) is 11.6. The fraction of sp³-hybridized carbons (Fsp3) is 0.0526. The van der Waals surface area contributed by atoms with Crippen molar-refractivity contribution in [3.8, 4) is 5.75 Å². The summed E-state index contributed by atoms with van der Waals surface area (Å²) >= 11 is 17.5. The number of rotatable bonds is 7. The Hall–Kier alpha value is -1.26. The highest BCUT2D eigenvalue weighted by molar-refractivity contribution is 9.11. The molecule has 29 heavy (non-hydrogen) atoms. The van der Waals surface area contributed by atoms with E-state index in [9.17, 15) is 4.79 Å². The van der Waals surface area contributed by atoms with E-state index in [4.69, 9.17) is 20.8 Å². The lowest BCUT2D eigenvalue weighted by molar-refractivity contribution is -0.123. The van der Waals surface area contributed by atoms with Crippen LogP contribution in [0.25, 0.3) is 0 Å². The smallest absolute Gasteiger partial charge is 0.277 e. The fourth-order valence-corrected chi connectivity index (χ4v) is 4.67. The third-order valence-electron chi connectivity index (χ3n) is 3.33. The Bertz CT molecular complexity index is 1040. The number of ether oxygens (including phenoxy) is 1. The van der Waals surface area contributed by atoms with Crippen LogP contribution in [0, 0.1) is 0 Å². The molecule has 10 heteroatoms. The zero-order valence-corrected chi connectivity index (χ0v) is 20.8. The highest BCUT2D eigenvalue weighted by atomic mass is 79.9. The maximum atomic E-state index is 11.9. The minimum Gasteiger partial charge on any atom is -0.483 e. The Labute approximate surface area is 201 Å². The molecular formula is C19H12Br3ClN2O3S. The van der Waals surface area contributed by atoms with Gasteiger partial charge >= 0.3 is 0 Å². The Balaban J connectivity index is 1.52. The van der Waals surface area contributed by atoms with Gasteiger partial charge < -0.3 is 9.15 Å². The maximum absolute atomic E-state index is 11.9. The standard InChI is InChI=1S/C19H12Br3ClN2O3S/c20-11-1-6-17(15(21)7-11)27-10-18(26)25-24-9-13-8-16(22)19(28-13)29-14-4-2-12(23)3-5-14/h1-9H,10H2,(H,25,26)/b24-9+. The van der Waals surface area contributed by atoms with E-state index in [1.807, 2.05) is 36.4 Å². The normalized spacial score (nSPS) is 11.0. The molecule has 150 valence electrons. The SMILES string of the molecule is O=C(COc1ccc(Br)cc1Br)N/N=C/c1cc(Br)c(Sc2ccc(Cl)cc2)o1. The Kier molecular flexibility index (Phi) is 8.25. The van der Waals surface area contributed by atoms with Crippen LogP contribution in [0.15, 0.2) is 81.5 Å². The molecule has 1 amide bonds. The first-order chi connectivity index (χ1) is 13.9. The molecule has 0 aliphatic carbocycles. The molecule has 1 heterocycles. The predicted molar refractivity (Wildman–Crippen MR) is 125 cm³/mol. The number of nitrogens with one attached hydrogen (secondary N) is 1. The second kappa shape index (κ2) is 10.7. The van der Waals surface area contributed by atoms with E-state index in [0.717, 1.165) is 18.3 Å². The number of carbonyl (C=O) groups is 1. The van der Waals surface area contributed by atoms with Gasteiger partial charge in [-0.25, -0.2) is 5.43 Å². The lowest BCUT2D eigenvalue weighted by Gasteiger charge is -2.07. The number of carbonyl (C=O) groups excluding carboxylic acids is 1. The molecule has 5 nitrogen and oxygen atoms in total. The fourth-order valence-electron chi connectivity index (χ4n) is 2.05. The van der Waals surface area contributed by atoms with Crippen molar-refractivity contribution in [1.29, 1.82) is 0 Å². The highest BCUT2D eigenvalue weighted by Gasteiger charge is 2.10. The molecule has 0 atom stereocenters. The van der Waals surface area contributed by atoms with E-state index in [-0.39, 0.29) is 6.61 Å². The van der Waals surface area contributed by atoms with Gasteiger partial charge in [-0.2, -0.15) is 5.10 Å². The van der Waals surface area contributed by atoms with Gasteiger partial charge in [0.15, 0.2) is 11.7 Å². The summed E-state index contributed by atoms with van der Waals surface area (Å²) in [4.78, 5) is 12.9. The van der Waals surface area contributed by atoms with E-state index < -0.39 is 5.91 Å². The van der Waals surface area contributed by atoms with Crippen molar-refractivity contribution < 1.29 is 13.9 Å². The molecule has 0 spiro atoms. The van der Waals surface area contributed by atoms with Gasteiger partial charge in [0, 0.05) is 20.5 Å². The van der Waals surface area contributed by atoms with E-state index in [2.05, 4.69) is 58.3 Å². The molecule has 0 saturated carbocycles. The predicted octanol–water partition coefficient (Wildman–Crippen LogP) is 6.90. The average Bonchev–Trinajstić information content (AvgIpc) is 3.02. The molecule has 3 rings (SSSR count).